The highest BCUT2D eigenvalue weighted by molar-refractivity contribution is 5.95. The molecule has 12 aromatic rings. The third-order valence-electron chi connectivity index (χ3n) is 14.6. The molecule has 0 atom stereocenters. The fourth-order valence-electron chi connectivity index (χ4n) is 11.1. The molecule has 72 heavy (non-hydrogen) atoms. The molecule has 0 unspecified atom stereocenters. The lowest BCUT2D eigenvalue weighted by molar-refractivity contribution is 0.768. The molecule has 0 saturated carbocycles. The Hall–Kier alpha value is -9.37. The number of fused-ring (bicyclic) bond motifs is 4. The van der Waals surface area contributed by atoms with E-state index in [-0.39, 0.29) is 0 Å². The lowest BCUT2D eigenvalue weighted by atomic mass is 9.67. The SMILES string of the molecule is c1ccc(-c2ccc(-c3ccc(N(c4ccc(-c5ccccc5)cc4)c4ccc5c(c4)C(c4ccccc4)(c4ccccc4)c4cc(-c6nc7ccccc7cc6-c6ccccc6)ccc4-5)cc3)cc2)cc1. The molecule has 0 bridgehead atoms. The van der Waals surface area contributed by atoms with Crippen LogP contribution in [0.4, 0.5) is 17.1 Å². The first-order chi connectivity index (χ1) is 35.7. The van der Waals surface area contributed by atoms with Crippen molar-refractivity contribution >= 4 is 28.0 Å². The molecular formula is C70H48N2. The first-order valence-corrected chi connectivity index (χ1v) is 24.8. The molecule has 0 spiro atoms. The Morgan fingerprint density at radius 2 is 0.639 bits per heavy atom. The maximum Gasteiger partial charge on any atom is 0.0788 e. The summed E-state index contributed by atoms with van der Waals surface area (Å²) in [6.45, 7) is 0. The van der Waals surface area contributed by atoms with Crippen molar-refractivity contribution in [2.45, 2.75) is 5.41 Å². The van der Waals surface area contributed by atoms with Crippen molar-refractivity contribution < 1.29 is 0 Å². The summed E-state index contributed by atoms with van der Waals surface area (Å²) in [5.41, 5.74) is 22.3. The summed E-state index contributed by atoms with van der Waals surface area (Å²) >= 11 is 0. The smallest absolute Gasteiger partial charge is 0.0788 e. The normalized spacial score (nSPS) is 12.3. The Morgan fingerprint density at radius 1 is 0.264 bits per heavy atom. The van der Waals surface area contributed by atoms with E-state index in [1.807, 2.05) is 0 Å². The topological polar surface area (TPSA) is 16.1 Å². The summed E-state index contributed by atoms with van der Waals surface area (Å²) in [7, 11) is 0. The van der Waals surface area contributed by atoms with E-state index in [2.05, 4.69) is 296 Å². The zero-order valence-corrected chi connectivity index (χ0v) is 39.6. The summed E-state index contributed by atoms with van der Waals surface area (Å²) in [5.74, 6) is 0. The van der Waals surface area contributed by atoms with Crippen LogP contribution in [0.15, 0.2) is 291 Å². The molecule has 1 aromatic heterocycles. The van der Waals surface area contributed by atoms with Crippen LogP contribution >= 0.6 is 0 Å². The second kappa shape index (κ2) is 18.2. The summed E-state index contributed by atoms with van der Waals surface area (Å²) in [6.07, 6.45) is 0. The van der Waals surface area contributed by atoms with Gasteiger partial charge in [0.25, 0.3) is 0 Å². The highest BCUT2D eigenvalue weighted by atomic mass is 15.1. The van der Waals surface area contributed by atoms with Gasteiger partial charge in [0, 0.05) is 33.6 Å². The van der Waals surface area contributed by atoms with E-state index in [0.29, 0.717) is 0 Å². The number of hydrogen-bond donors (Lipinski definition) is 0. The van der Waals surface area contributed by atoms with Gasteiger partial charge in [0.2, 0.25) is 0 Å². The number of aromatic nitrogens is 1. The molecule has 13 rings (SSSR count). The van der Waals surface area contributed by atoms with Crippen LogP contribution in [0.25, 0.3) is 77.8 Å². The van der Waals surface area contributed by atoms with Gasteiger partial charge in [0.1, 0.15) is 0 Å². The Kier molecular flexibility index (Phi) is 10.8. The highest BCUT2D eigenvalue weighted by Gasteiger charge is 2.46. The van der Waals surface area contributed by atoms with Crippen LogP contribution in [-0.4, -0.2) is 4.98 Å². The van der Waals surface area contributed by atoms with Gasteiger partial charge in [-0.3, -0.25) is 0 Å². The molecule has 0 saturated heterocycles. The molecule has 1 heterocycles. The van der Waals surface area contributed by atoms with E-state index in [0.717, 1.165) is 50.3 Å². The average molecular weight is 917 g/mol. The Labute approximate surface area is 421 Å². The Morgan fingerprint density at radius 3 is 1.15 bits per heavy atom. The summed E-state index contributed by atoms with van der Waals surface area (Å²) in [5, 5.41) is 1.12. The molecule has 0 amide bonds. The first kappa shape index (κ1) is 42.7. The van der Waals surface area contributed by atoms with Gasteiger partial charge >= 0.3 is 0 Å². The van der Waals surface area contributed by atoms with Gasteiger partial charge in [0.15, 0.2) is 0 Å². The van der Waals surface area contributed by atoms with E-state index >= 15 is 0 Å². The fourth-order valence-corrected chi connectivity index (χ4v) is 11.1. The van der Waals surface area contributed by atoms with Crippen molar-refractivity contribution in [2.24, 2.45) is 0 Å². The number of rotatable bonds is 10. The summed E-state index contributed by atoms with van der Waals surface area (Å²) < 4.78 is 0. The largest absolute Gasteiger partial charge is 0.310 e. The Balaban J connectivity index is 0.993. The number of nitrogens with zero attached hydrogens (tertiary/aromatic N) is 2. The lowest BCUT2D eigenvalue weighted by Crippen LogP contribution is -2.28. The van der Waals surface area contributed by atoms with Crippen molar-refractivity contribution in [2.75, 3.05) is 4.90 Å². The molecule has 2 heteroatoms. The van der Waals surface area contributed by atoms with Crippen molar-refractivity contribution in [3.63, 3.8) is 0 Å². The Bertz CT molecular complexity index is 3810. The van der Waals surface area contributed by atoms with Crippen molar-refractivity contribution in [1.29, 1.82) is 0 Å². The standard InChI is InChI=1S/C70H48N2/c1-6-18-49(19-7-1)51-30-32-52(33-31-51)54-36-41-61(42-37-54)72(60-39-34-53(35-40-60)50-20-8-2-9-21-50)62-43-45-64-63-44-38-57(69-65(55-22-10-3-11-23-55)46-56-24-16-17-29-68(56)71-69)47-66(63)70(67(64)48-62,58-25-12-4-13-26-58)59-27-14-5-15-28-59/h1-48H. The van der Waals surface area contributed by atoms with Gasteiger partial charge in [-0.1, -0.05) is 237 Å². The van der Waals surface area contributed by atoms with Crippen LogP contribution in [0.3, 0.4) is 0 Å². The van der Waals surface area contributed by atoms with E-state index in [9.17, 15) is 0 Å². The van der Waals surface area contributed by atoms with Gasteiger partial charge in [-0.25, -0.2) is 4.98 Å². The summed E-state index contributed by atoms with van der Waals surface area (Å²) in [6, 6.07) is 106. The highest BCUT2D eigenvalue weighted by Crippen LogP contribution is 2.58. The van der Waals surface area contributed by atoms with E-state index < -0.39 is 5.41 Å². The predicted octanol–water partition coefficient (Wildman–Crippen LogP) is 18.4. The lowest BCUT2D eigenvalue weighted by Gasteiger charge is -2.35. The van der Waals surface area contributed by atoms with Crippen molar-refractivity contribution in [1.82, 2.24) is 4.98 Å². The van der Waals surface area contributed by atoms with Gasteiger partial charge in [0.05, 0.1) is 16.6 Å². The fraction of sp³-hybridized carbons (Fsp3) is 0.0143. The number of para-hydroxylation sites is 1. The molecule has 11 aromatic carbocycles. The van der Waals surface area contributed by atoms with Gasteiger partial charge in [-0.05, 0) is 127 Å². The van der Waals surface area contributed by atoms with Crippen molar-refractivity contribution in [3.8, 4) is 66.9 Å². The molecule has 338 valence electrons. The minimum Gasteiger partial charge on any atom is -0.310 e. The minimum atomic E-state index is -0.665. The van der Waals surface area contributed by atoms with Gasteiger partial charge in [-0.15, -0.1) is 0 Å². The molecule has 0 aliphatic heterocycles. The molecule has 0 radical (unpaired) electrons. The molecule has 0 fully saturated rings. The third-order valence-corrected chi connectivity index (χ3v) is 14.6. The third kappa shape index (κ3) is 7.49. The molecule has 0 N–H and O–H groups in total. The minimum absolute atomic E-state index is 0.665. The van der Waals surface area contributed by atoms with Crippen LogP contribution in [0.2, 0.25) is 0 Å². The summed E-state index contributed by atoms with van der Waals surface area (Å²) in [4.78, 5) is 7.87. The molecule has 1 aliphatic carbocycles. The maximum absolute atomic E-state index is 5.45. The second-order valence-corrected chi connectivity index (χ2v) is 18.7. The maximum atomic E-state index is 5.45. The van der Waals surface area contributed by atoms with Gasteiger partial charge in [-0.2, -0.15) is 0 Å². The van der Waals surface area contributed by atoms with Crippen LogP contribution in [0, 0.1) is 0 Å². The molecule has 2 nitrogen and oxygen atoms in total. The zero-order chi connectivity index (χ0) is 47.8. The van der Waals surface area contributed by atoms with E-state index in [4.69, 9.17) is 4.98 Å². The molecule has 1 aliphatic rings. The number of benzene rings is 11. The van der Waals surface area contributed by atoms with E-state index in [1.165, 1.54) is 66.8 Å². The van der Waals surface area contributed by atoms with E-state index in [1.54, 1.807) is 0 Å². The zero-order valence-electron chi connectivity index (χ0n) is 39.6. The average Bonchev–Trinajstić information content (AvgIpc) is 3.76. The van der Waals surface area contributed by atoms with Crippen LogP contribution < -0.4 is 4.90 Å². The number of anilines is 3. The number of pyridine rings is 1. The quantitative estimate of drug-likeness (QED) is 0.136. The van der Waals surface area contributed by atoms with Crippen LogP contribution in [0.1, 0.15) is 22.3 Å². The van der Waals surface area contributed by atoms with Crippen molar-refractivity contribution in [3.05, 3.63) is 313 Å². The van der Waals surface area contributed by atoms with Gasteiger partial charge < -0.3 is 4.90 Å². The first-order valence-electron chi connectivity index (χ1n) is 24.8. The monoisotopic (exact) mass is 916 g/mol. The number of hydrogen-bond acceptors (Lipinski definition) is 2. The molecular weight excluding hydrogens is 869 g/mol. The predicted molar refractivity (Wildman–Crippen MR) is 301 cm³/mol. The van der Waals surface area contributed by atoms with Crippen LogP contribution in [-0.2, 0) is 5.41 Å². The second-order valence-electron chi connectivity index (χ2n) is 18.7. The van der Waals surface area contributed by atoms with Crippen LogP contribution in [0.5, 0.6) is 0 Å².